The van der Waals surface area contributed by atoms with E-state index in [4.69, 9.17) is 11.6 Å². The molecule has 1 atom stereocenters. The highest BCUT2D eigenvalue weighted by Gasteiger charge is 2.43. The number of pyridine rings is 1. The molecular formula is C21H21ClFN3O4. The average molecular weight is 434 g/mol. The van der Waals surface area contributed by atoms with Gasteiger partial charge in [-0.3, -0.25) is 19.0 Å². The quantitative estimate of drug-likeness (QED) is 0.806. The zero-order valence-corrected chi connectivity index (χ0v) is 17.5. The lowest BCUT2D eigenvalue weighted by molar-refractivity contribution is 0.0700. The van der Waals surface area contributed by atoms with Crippen molar-refractivity contribution in [1.29, 1.82) is 0 Å². The van der Waals surface area contributed by atoms with Crippen LogP contribution in [-0.2, 0) is 13.0 Å². The molecule has 0 spiro atoms. The average Bonchev–Trinajstić information content (AvgIpc) is 2.96. The van der Waals surface area contributed by atoms with Crippen LogP contribution >= 0.6 is 11.6 Å². The Morgan fingerprint density at radius 1 is 1.23 bits per heavy atom. The monoisotopic (exact) mass is 433 g/mol. The van der Waals surface area contributed by atoms with E-state index in [0.29, 0.717) is 17.5 Å². The van der Waals surface area contributed by atoms with Gasteiger partial charge < -0.3 is 14.9 Å². The number of hydrogen-bond donors (Lipinski definition) is 1. The second kappa shape index (κ2) is 7.12. The van der Waals surface area contributed by atoms with Crippen molar-refractivity contribution in [1.82, 2.24) is 14.4 Å². The Labute approximate surface area is 177 Å². The summed E-state index contributed by atoms with van der Waals surface area (Å²) in [6.45, 7) is 4.19. The largest absolute Gasteiger partial charge is 0.502 e. The molecule has 2 amide bonds. The van der Waals surface area contributed by atoms with E-state index >= 15 is 0 Å². The summed E-state index contributed by atoms with van der Waals surface area (Å²) in [7, 11) is 1.61. The maximum absolute atomic E-state index is 13.4. The van der Waals surface area contributed by atoms with Crippen LogP contribution in [0.5, 0.6) is 5.75 Å². The van der Waals surface area contributed by atoms with Crippen LogP contribution in [0.15, 0.2) is 23.0 Å². The number of benzene rings is 1. The molecule has 0 saturated carbocycles. The van der Waals surface area contributed by atoms with Crippen molar-refractivity contribution >= 4 is 23.4 Å². The van der Waals surface area contributed by atoms with Crippen LogP contribution in [0.25, 0.3) is 0 Å². The molecule has 9 heteroatoms. The van der Waals surface area contributed by atoms with Crippen molar-refractivity contribution in [3.8, 4) is 5.75 Å². The number of carbonyl (C=O) groups is 2. The molecule has 158 valence electrons. The van der Waals surface area contributed by atoms with Crippen LogP contribution < -0.4 is 5.56 Å². The molecule has 2 aliphatic heterocycles. The van der Waals surface area contributed by atoms with Crippen LogP contribution in [0.4, 0.5) is 4.39 Å². The predicted octanol–water partition coefficient (Wildman–Crippen LogP) is 2.79. The number of aromatic nitrogens is 1. The van der Waals surface area contributed by atoms with E-state index in [0.717, 1.165) is 0 Å². The number of hydrogen-bond acceptors (Lipinski definition) is 4. The molecule has 1 unspecified atom stereocenters. The van der Waals surface area contributed by atoms with E-state index in [-0.39, 0.29) is 41.2 Å². The van der Waals surface area contributed by atoms with Gasteiger partial charge in [0.15, 0.2) is 5.75 Å². The van der Waals surface area contributed by atoms with Gasteiger partial charge >= 0.3 is 0 Å². The normalized spacial score (nSPS) is 18.3. The second-order valence-corrected chi connectivity index (χ2v) is 8.43. The van der Waals surface area contributed by atoms with Crippen LogP contribution in [0, 0.1) is 11.7 Å². The Balaban J connectivity index is 1.79. The molecule has 1 aromatic carbocycles. The number of amides is 2. The number of nitrogens with zero attached hydrogens (tertiary/aromatic N) is 3. The SMILES string of the molecule is CC(C)C1N(C)C(=O)c2c3c(c(O)c(=O)n21)C(=O)N(Cc1ccc(F)c(Cl)c1)CC3. The fraction of sp³-hybridized carbons (Fsp3) is 0.381. The molecule has 1 aromatic heterocycles. The number of carbonyl (C=O) groups excluding carboxylic acids is 2. The highest BCUT2D eigenvalue weighted by Crippen LogP contribution is 2.37. The van der Waals surface area contributed by atoms with Gasteiger partial charge in [0, 0.05) is 25.7 Å². The zero-order valence-electron chi connectivity index (χ0n) is 16.8. The number of fused-ring (bicyclic) bond motifs is 3. The van der Waals surface area contributed by atoms with Crippen molar-refractivity contribution in [2.24, 2.45) is 5.92 Å². The van der Waals surface area contributed by atoms with Crippen LogP contribution in [0.2, 0.25) is 5.02 Å². The van der Waals surface area contributed by atoms with Crippen molar-refractivity contribution in [3.05, 3.63) is 61.8 Å². The van der Waals surface area contributed by atoms with Gasteiger partial charge in [-0.15, -0.1) is 0 Å². The lowest BCUT2D eigenvalue weighted by Crippen LogP contribution is -2.40. The van der Waals surface area contributed by atoms with E-state index in [9.17, 15) is 23.9 Å². The molecular weight excluding hydrogens is 413 g/mol. The van der Waals surface area contributed by atoms with E-state index in [1.165, 1.54) is 32.6 Å². The Morgan fingerprint density at radius 2 is 1.93 bits per heavy atom. The minimum Gasteiger partial charge on any atom is -0.502 e. The summed E-state index contributed by atoms with van der Waals surface area (Å²) in [5, 5.41) is 10.6. The standard InChI is InChI=1S/C21H21ClFN3O4/c1-10(2)18-24(3)20(29)16-12-6-7-25(9-11-4-5-14(23)13(22)8-11)19(28)15(12)17(27)21(30)26(16)18/h4-5,8,10,18,27H,6-7,9H2,1-3H3. The minimum atomic E-state index is -0.750. The van der Waals surface area contributed by atoms with E-state index < -0.39 is 29.2 Å². The fourth-order valence-corrected chi connectivity index (χ4v) is 4.61. The molecule has 0 bridgehead atoms. The second-order valence-electron chi connectivity index (χ2n) is 8.02. The summed E-state index contributed by atoms with van der Waals surface area (Å²) >= 11 is 5.82. The van der Waals surface area contributed by atoms with Gasteiger partial charge in [0.2, 0.25) is 0 Å². The summed E-state index contributed by atoms with van der Waals surface area (Å²) < 4.78 is 14.7. The fourth-order valence-electron chi connectivity index (χ4n) is 4.41. The molecule has 2 aliphatic rings. The van der Waals surface area contributed by atoms with Gasteiger partial charge in [-0.05, 0) is 30.0 Å². The van der Waals surface area contributed by atoms with Gasteiger partial charge in [-0.25, -0.2) is 4.39 Å². The number of aromatic hydroxyl groups is 1. The third-order valence-electron chi connectivity index (χ3n) is 5.76. The maximum atomic E-state index is 13.4. The highest BCUT2D eigenvalue weighted by atomic mass is 35.5. The Morgan fingerprint density at radius 3 is 2.57 bits per heavy atom. The minimum absolute atomic E-state index is 0.0513. The lowest BCUT2D eigenvalue weighted by Gasteiger charge is -2.30. The first-order valence-electron chi connectivity index (χ1n) is 9.64. The van der Waals surface area contributed by atoms with Crippen molar-refractivity contribution in [3.63, 3.8) is 0 Å². The Hall–Kier alpha value is -2.87. The topological polar surface area (TPSA) is 82.9 Å². The van der Waals surface area contributed by atoms with Crippen molar-refractivity contribution in [2.75, 3.05) is 13.6 Å². The number of rotatable bonds is 3. The first-order chi connectivity index (χ1) is 14.1. The van der Waals surface area contributed by atoms with Crippen molar-refractivity contribution < 1.29 is 19.1 Å². The Kier molecular flexibility index (Phi) is 4.85. The predicted molar refractivity (Wildman–Crippen MR) is 108 cm³/mol. The molecule has 0 radical (unpaired) electrons. The first-order valence-corrected chi connectivity index (χ1v) is 10.0. The summed E-state index contributed by atoms with van der Waals surface area (Å²) in [5.41, 5.74) is 0.306. The van der Waals surface area contributed by atoms with Gasteiger partial charge in [0.25, 0.3) is 17.4 Å². The van der Waals surface area contributed by atoms with Gasteiger partial charge in [0.1, 0.15) is 17.7 Å². The van der Waals surface area contributed by atoms with Crippen LogP contribution in [0.3, 0.4) is 0 Å². The van der Waals surface area contributed by atoms with Gasteiger partial charge in [-0.2, -0.15) is 0 Å². The zero-order chi connectivity index (χ0) is 21.9. The summed E-state index contributed by atoms with van der Waals surface area (Å²) in [4.78, 5) is 41.9. The third-order valence-corrected chi connectivity index (χ3v) is 6.05. The first kappa shape index (κ1) is 20.4. The van der Waals surface area contributed by atoms with E-state index in [1.807, 2.05) is 13.8 Å². The summed E-state index contributed by atoms with van der Waals surface area (Å²) in [5.74, 6) is -2.14. The van der Waals surface area contributed by atoms with Crippen LogP contribution in [-0.4, -0.2) is 44.9 Å². The van der Waals surface area contributed by atoms with Crippen LogP contribution in [0.1, 0.15) is 52.0 Å². The molecule has 30 heavy (non-hydrogen) atoms. The van der Waals surface area contributed by atoms with Gasteiger partial charge in [0.05, 0.1) is 10.6 Å². The maximum Gasteiger partial charge on any atom is 0.295 e. The molecule has 0 aliphatic carbocycles. The number of halogens is 2. The third kappa shape index (κ3) is 2.89. The molecule has 3 heterocycles. The van der Waals surface area contributed by atoms with Gasteiger partial charge in [-0.1, -0.05) is 31.5 Å². The molecule has 1 N–H and O–H groups in total. The molecule has 0 saturated heterocycles. The lowest BCUT2D eigenvalue weighted by atomic mass is 9.95. The molecule has 2 aromatic rings. The van der Waals surface area contributed by atoms with E-state index in [2.05, 4.69) is 0 Å². The smallest absolute Gasteiger partial charge is 0.295 e. The summed E-state index contributed by atoms with van der Waals surface area (Å²) in [6, 6.07) is 4.17. The summed E-state index contributed by atoms with van der Waals surface area (Å²) in [6.07, 6.45) is -0.213. The van der Waals surface area contributed by atoms with E-state index in [1.54, 1.807) is 7.05 Å². The molecule has 4 rings (SSSR count). The highest BCUT2D eigenvalue weighted by molar-refractivity contribution is 6.30. The molecule has 7 nitrogen and oxygen atoms in total. The Bertz CT molecular complexity index is 1140. The molecule has 0 fully saturated rings. The van der Waals surface area contributed by atoms with Crippen molar-refractivity contribution in [2.45, 2.75) is 33.0 Å².